The Morgan fingerprint density at radius 2 is 1.16 bits per heavy atom. The fourth-order valence-electron chi connectivity index (χ4n) is 7.63. The lowest BCUT2D eigenvalue weighted by atomic mass is 9.98. The van der Waals surface area contributed by atoms with Crippen molar-refractivity contribution in [1.29, 1.82) is 0 Å². The van der Waals surface area contributed by atoms with Crippen LogP contribution >= 0.6 is 0 Å². The summed E-state index contributed by atoms with van der Waals surface area (Å²) in [6.07, 6.45) is 8.20. The van der Waals surface area contributed by atoms with Gasteiger partial charge in [0.2, 0.25) is 0 Å². The molecule has 232 valence electrons. The first-order valence-corrected chi connectivity index (χ1v) is 16.9. The number of para-hydroxylation sites is 2. The van der Waals surface area contributed by atoms with E-state index in [1.54, 1.807) is 0 Å². The largest absolute Gasteiger partial charge is 0.309 e. The first kappa shape index (κ1) is 28.8. The Morgan fingerprint density at radius 3 is 1.92 bits per heavy atom. The van der Waals surface area contributed by atoms with Gasteiger partial charge in [-0.05, 0) is 88.5 Å². The van der Waals surface area contributed by atoms with Crippen LogP contribution in [-0.2, 0) is 0 Å². The van der Waals surface area contributed by atoms with Crippen LogP contribution in [0.2, 0.25) is 0 Å². The van der Waals surface area contributed by atoms with Crippen LogP contribution < -0.4 is 0 Å². The van der Waals surface area contributed by atoms with Crippen molar-refractivity contribution in [3.05, 3.63) is 188 Å². The average molecular weight is 627 g/mol. The minimum Gasteiger partial charge on any atom is -0.309 e. The monoisotopic (exact) mass is 626 g/mol. The summed E-state index contributed by atoms with van der Waals surface area (Å²) in [6.45, 7) is 6.19. The van der Waals surface area contributed by atoms with Crippen LogP contribution in [0.4, 0.5) is 0 Å². The van der Waals surface area contributed by atoms with Crippen molar-refractivity contribution in [3.63, 3.8) is 0 Å². The molecule has 2 aromatic heterocycles. The SMILES string of the molecule is C=C/C(=C\C=C/C)c1ccc2c3c4c5ccccc5n(-c5ccccc5)c4ccc3n(-c3ccc(-c4cccc5ccccc45)cc3)c2c1. The normalized spacial score (nSPS) is 12.3. The molecule has 2 heteroatoms. The highest BCUT2D eigenvalue weighted by Gasteiger charge is 2.21. The van der Waals surface area contributed by atoms with Gasteiger partial charge in [-0.15, -0.1) is 0 Å². The van der Waals surface area contributed by atoms with Gasteiger partial charge >= 0.3 is 0 Å². The molecule has 0 atom stereocenters. The zero-order chi connectivity index (χ0) is 32.9. The van der Waals surface area contributed by atoms with Crippen molar-refractivity contribution < 1.29 is 0 Å². The first-order valence-electron chi connectivity index (χ1n) is 16.9. The number of fused-ring (bicyclic) bond motifs is 8. The number of hydrogen-bond acceptors (Lipinski definition) is 0. The van der Waals surface area contributed by atoms with Gasteiger partial charge in [0.25, 0.3) is 0 Å². The molecule has 2 heterocycles. The lowest BCUT2D eigenvalue weighted by Gasteiger charge is -2.12. The number of allylic oxidation sites excluding steroid dienone is 5. The fourth-order valence-corrected chi connectivity index (χ4v) is 7.63. The van der Waals surface area contributed by atoms with Crippen LogP contribution in [0.15, 0.2) is 183 Å². The molecule has 0 fully saturated rings. The maximum Gasteiger partial charge on any atom is 0.0548 e. The third-order valence-corrected chi connectivity index (χ3v) is 9.83. The number of nitrogens with zero attached hydrogens (tertiary/aromatic N) is 2. The van der Waals surface area contributed by atoms with E-state index in [-0.39, 0.29) is 0 Å². The molecule has 0 unspecified atom stereocenters. The third-order valence-electron chi connectivity index (χ3n) is 9.83. The minimum atomic E-state index is 1.09. The summed E-state index contributed by atoms with van der Waals surface area (Å²) in [5.74, 6) is 0. The Morgan fingerprint density at radius 1 is 0.531 bits per heavy atom. The molecule has 0 saturated heterocycles. The summed E-state index contributed by atoms with van der Waals surface area (Å²) in [5, 5.41) is 7.53. The molecule has 2 nitrogen and oxygen atoms in total. The molecule has 0 saturated carbocycles. The van der Waals surface area contributed by atoms with E-state index in [4.69, 9.17) is 0 Å². The second-order valence-electron chi connectivity index (χ2n) is 12.5. The van der Waals surface area contributed by atoms with Gasteiger partial charge in [-0.2, -0.15) is 0 Å². The lowest BCUT2D eigenvalue weighted by molar-refractivity contribution is 1.17. The summed E-state index contributed by atoms with van der Waals surface area (Å²) in [6, 6.07) is 55.2. The van der Waals surface area contributed by atoms with E-state index < -0.39 is 0 Å². The Bertz CT molecular complexity index is 2760. The molecule has 0 aliphatic heterocycles. The van der Waals surface area contributed by atoms with Crippen molar-refractivity contribution in [1.82, 2.24) is 9.13 Å². The molecule has 0 aliphatic carbocycles. The third kappa shape index (κ3) is 4.57. The topological polar surface area (TPSA) is 9.86 Å². The second-order valence-corrected chi connectivity index (χ2v) is 12.5. The van der Waals surface area contributed by atoms with E-state index in [1.807, 2.05) is 13.0 Å². The lowest BCUT2D eigenvalue weighted by Crippen LogP contribution is -1.95. The average Bonchev–Trinajstić information content (AvgIpc) is 3.68. The number of benzene rings is 7. The van der Waals surface area contributed by atoms with Crippen LogP contribution in [0.25, 0.3) is 82.5 Å². The quantitative estimate of drug-likeness (QED) is 0.163. The molecule has 0 N–H and O–H groups in total. The molecular weight excluding hydrogens is 593 g/mol. The van der Waals surface area contributed by atoms with E-state index >= 15 is 0 Å². The van der Waals surface area contributed by atoms with Crippen LogP contribution in [0.5, 0.6) is 0 Å². The molecular formula is C47H34N2. The van der Waals surface area contributed by atoms with Crippen LogP contribution in [0.3, 0.4) is 0 Å². The fraction of sp³-hybridized carbons (Fsp3) is 0.0213. The maximum absolute atomic E-state index is 4.15. The van der Waals surface area contributed by atoms with Crippen LogP contribution in [0, 0.1) is 0 Å². The molecule has 7 aromatic carbocycles. The van der Waals surface area contributed by atoms with Gasteiger partial charge in [0.1, 0.15) is 0 Å². The molecule has 0 amide bonds. The van der Waals surface area contributed by atoms with Gasteiger partial charge in [-0.25, -0.2) is 0 Å². The Balaban J connectivity index is 1.35. The Labute approximate surface area is 285 Å². The Hall–Kier alpha value is -6.38. The summed E-state index contributed by atoms with van der Waals surface area (Å²) in [5.41, 5.74) is 11.7. The highest BCUT2D eigenvalue weighted by Crippen LogP contribution is 2.43. The van der Waals surface area contributed by atoms with E-state index in [0.29, 0.717) is 0 Å². The van der Waals surface area contributed by atoms with Gasteiger partial charge < -0.3 is 9.13 Å². The first-order chi connectivity index (χ1) is 24.2. The second kappa shape index (κ2) is 11.7. The smallest absolute Gasteiger partial charge is 0.0548 e. The molecule has 0 bridgehead atoms. The van der Waals surface area contributed by atoms with E-state index in [2.05, 4.69) is 186 Å². The molecule has 0 radical (unpaired) electrons. The van der Waals surface area contributed by atoms with Crippen LogP contribution in [-0.4, -0.2) is 9.13 Å². The summed E-state index contributed by atoms with van der Waals surface area (Å²) >= 11 is 0. The predicted octanol–water partition coefficient (Wildman–Crippen LogP) is 12.8. The van der Waals surface area contributed by atoms with Gasteiger partial charge in [0.15, 0.2) is 0 Å². The van der Waals surface area contributed by atoms with Crippen molar-refractivity contribution in [2.45, 2.75) is 6.92 Å². The van der Waals surface area contributed by atoms with Gasteiger partial charge in [-0.1, -0.05) is 134 Å². The van der Waals surface area contributed by atoms with Crippen molar-refractivity contribution >= 4 is 60.0 Å². The molecule has 9 aromatic rings. The number of hydrogen-bond donors (Lipinski definition) is 0. The highest BCUT2D eigenvalue weighted by atomic mass is 15.0. The van der Waals surface area contributed by atoms with E-state index in [0.717, 1.165) is 22.5 Å². The summed E-state index contributed by atoms with van der Waals surface area (Å²) < 4.78 is 4.84. The molecule has 9 rings (SSSR count). The molecule has 0 spiro atoms. The minimum absolute atomic E-state index is 1.09. The predicted molar refractivity (Wildman–Crippen MR) is 211 cm³/mol. The van der Waals surface area contributed by atoms with Gasteiger partial charge in [-0.3, -0.25) is 0 Å². The number of rotatable bonds is 6. The zero-order valence-electron chi connectivity index (χ0n) is 27.3. The highest BCUT2D eigenvalue weighted by molar-refractivity contribution is 6.29. The molecule has 49 heavy (non-hydrogen) atoms. The van der Waals surface area contributed by atoms with Crippen molar-refractivity contribution in [2.75, 3.05) is 0 Å². The Kier molecular flexibility index (Phi) is 6.88. The molecule has 0 aliphatic rings. The summed E-state index contributed by atoms with van der Waals surface area (Å²) in [7, 11) is 0. The van der Waals surface area contributed by atoms with Gasteiger partial charge in [0.05, 0.1) is 22.1 Å². The number of aromatic nitrogens is 2. The van der Waals surface area contributed by atoms with Gasteiger partial charge in [0, 0.05) is 32.9 Å². The van der Waals surface area contributed by atoms with Crippen LogP contribution in [0.1, 0.15) is 12.5 Å². The van der Waals surface area contributed by atoms with E-state index in [9.17, 15) is 0 Å². The van der Waals surface area contributed by atoms with Crippen molar-refractivity contribution in [2.24, 2.45) is 0 Å². The van der Waals surface area contributed by atoms with Crippen molar-refractivity contribution in [3.8, 4) is 22.5 Å². The summed E-state index contributed by atoms with van der Waals surface area (Å²) in [4.78, 5) is 0. The maximum atomic E-state index is 4.15. The standard InChI is InChI=1S/C47H34N2/c1-3-5-14-32(4-2)35-25-28-41-45(31-35)49(37-26-23-34(24-27-37)39-21-13-16-33-15-9-10-19-38(33)39)44-30-29-43-46(47(41)44)40-20-11-12-22-42(40)48(43)36-17-7-6-8-18-36/h3-31H,2H2,1H3/b5-3-,32-14+. The zero-order valence-corrected chi connectivity index (χ0v) is 27.3. The van der Waals surface area contributed by atoms with E-state index in [1.165, 1.54) is 65.5 Å².